The summed E-state index contributed by atoms with van der Waals surface area (Å²) in [6.07, 6.45) is 7.23. The molecule has 0 fully saturated rings. The topological polar surface area (TPSA) is 67.4 Å². The van der Waals surface area contributed by atoms with E-state index in [2.05, 4.69) is 20.6 Å². The third-order valence-corrected chi connectivity index (χ3v) is 2.74. The second kappa shape index (κ2) is 5.01. The van der Waals surface area contributed by atoms with E-state index in [0.717, 1.165) is 29.6 Å². The summed E-state index contributed by atoms with van der Waals surface area (Å²) in [6.45, 7) is 3.44. The zero-order valence-corrected chi connectivity index (χ0v) is 10.6. The SMILES string of the molecule is CCNc1cn2ccnc2c(NCc2ccco2)n1. The van der Waals surface area contributed by atoms with Crippen molar-refractivity contribution in [3.63, 3.8) is 0 Å². The first kappa shape index (κ1) is 11.6. The van der Waals surface area contributed by atoms with Crippen LogP contribution in [0.2, 0.25) is 0 Å². The largest absolute Gasteiger partial charge is 0.467 e. The fourth-order valence-corrected chi connectivity index (χ4v) is 1.90. The Balaban J connectivity index is 1.89. The van der Waals surface area contributed by atoms with Crippen molar-refractivity contribution in [2.24, 2.45) is 0 Å². The highest BCUT2D eigenvalue weighted by Gasteiger charge is 2.07. The summed E-state index contributed by atoms with van der Waals surface area (Å²) in [6, 6.07) is 3.79. The Bertz CT molecular complexity index is 659. The lowest BCUT2D eigenvalue weighted by Gasteiger charge is -2.09. The van der Waals surface area contributed by atoms with E-state index in [9.17, 15) is 0 Å². The summed E-state index contributed by atoms with van der Waals surface area (Å²) in [5, 5.41) is 6.45. The molecule has 0 atom stereocenters. The normalized spacial score (nSPS) is 10.8. The smallest absolute Gasteiger partial charge is 0.180 e. The van der Waals surface area contributed by atoms with Crippen LogP contribution in [0.25, 0.3) is 5.65 Å². The van der Waals surface area contributed by atoms with Gasteiger partial charge in [0, 0.05) is 18.9 Å². The van der Waals surface area contributed by atoms with Crippen molar-refractivity contribution >= 4 is 17.3 Å². The third kappa shape index (κ3) is 2.37. The van der Waals surface area contributed by atoms with Gasteiger partial charge in [0.2, 0.25) is 0 Å². The molecule has 0 saturated carbocycles. The van der Waals surface area contributed by atoms with Crippen molar-refractivity contribution in [3.8, 4) is 0 Å². The summed E-state index contributed by atoms with van der Waals surface area (Å²) in [5.74, 6) is 2.41. The molecule has 3 rings (SSSR count). The summed E-state index contributed by atoms with van der Waals surface area (Å²) in [4.78, 5) is 8.81. The highest BCUT2D eigenvalue weighted by atomic mass is 16.3. The molecule has 0 radical (unpaired) electrons. The van der Waals surface area contributed by atoms with E-state index >= 15 is 0 Å². The first-order valence-electron chi connectivity index (χ1n) is 6.20. The minimum absolute atomic E-state index is 0.581. The molecule has 3 heterocycles. The fourth-order valence-electron chi connectivity index (χ4n) is 1.90. The maximum atomic E-state index is 5.29. The Morgan fingerprint density at radius 2 is 2.32 bits per heavy atom. The van der Waals surface area contributed by atoms with Crippen LogP contribution in [0.1, 0.15) is 12.7 Å². The lowest BCUT2D eigenvalue weighted by molar-refractivity contribution is 0.518. The molecule has 19 heavy (non-hydrogen) atoms. The van der Waals surface area contributed by atoms with Gasteiger partial charge in [0.1, 0.15) is 11.6 Å². The average molecular weight is 257 g/mol. The minimum atomic E-state index is 0.581. The average Bonchev–Trinajstić information content (AvgIpc) is 3.07. The van der Waals surface area contributed by atoms with Crippen LogP contribution in [-0.2, 0) is 6.54 Å². The Hall–Kier alpha value is -2.50. The van der Waals surface area contributed by atoms with Gasteiger partial charge in [-0.1, -0.05) is 0 Å². The summed E-state index contributed by atoms with van der Waals surface area (Å²) in [7, 11) is 0. The van der Waals surface area contributed by atoms with Gasteiger partial charge in [0.25, 0.3) is 0 Å². The molecule has 0 saturated heterocycles. The van der Waals surface area contributed by atoms with Crippen molar-refractivity contribution in [3.05, 3.63) is 42.7 Å². The summed E-state index contributed by atoms with van der Waals surface area (Å²) >= 11 is 0. The van der Waals surface area contributed by atoms with Crippen LogP contribution in [-0.4, -0.2) is 20.9 Å². The number of hydrogen-bond donors (Lipinski definition) is 2. The van der Waals surface area contributed by atoms with Gasteiger partial charge >= 0.3 is 0 Å². The Labute approximate surface area is 110 Å². The van der Waals surface area contributed by atoms with Gasteiger partial charge in [0.05, 0.1) is 19.0 Å². The van der Waals surface area contributed by atoms with Crippen LogP contribution in [0.15, 0.2) is 41.4 Å². The highest BCUT2D eigenvalue weighted by Crippen LogP contribution is 2.17. The van der Waals surface area contributed by atoms with Crippen molar-refractivity contribution < 1.29 is 4.42 Å². The standard InChI is InChI=1S/C13H15N5O/c1-2-14-11-9-18-6-5-15-13(18)12(17-11)16-8-10-4-3-7-19-10/h3-7,9,14H,2,8H2,1H3,(H,16,17). The van der Waals surface area contributed by atoms with E-state index in [4.69, 9.17) is 4.42 Å². The van der Waals surface area contributed by atoms with Crippen molar-refractivity contribution in [2.45, 2.75) is 13.5 Å². The number of anilines is 2. The molecule has 0 aromatic carbocycles. The zero-order chi connectivity index (χ0) is 13.1. The quantitative estimate of drug-likeness (QED) is 0.734. The molecular weight excluding hydrogens is 242 g/mol. The zero-order valence-electron chi connectivity index (χ0n) is 10.6. The number of nitrogens with zero attached hydrogens (tertiary/aromatic N) is 3. The number of nitrogens with one attached hydrogen (secondary N) is 2. The van der Waals surface area contributed by atoms with Crippen molar-refractivity contribution in [1.82, 2.24) is 14.4 Å². The number of rotatable bonds is 5. The van der Waals surface area contributed by atoms with Gasteiger partial charge in [0.15, 0.2) is 11.5 Å². The maximum Gasteiger partial charge on any atom is 0.180 e. The van der Waals surface area contributed by atoms with Gasteiger partial charge in [-0.15, -0.1) is 0 Å². The van der Waals surface area contributed by atoms with Gasteiger partial charge in [-0.3, -0.25) is 0 Å². The van der Waals surface area contributed by atoms with Crippen LogP contribution in [0.3, 0.4) is 0 Å². The minimum Gasteiger partial charge on any atom is -0.467 e. The molecule has 0 bridgehead atoms. The summed E-state index contributed by atoms with van der Waals surface area (Å²) < 4.78 is 7.23. The number of hydrogen-bond acceptors (Lipinski definition) is 5. The second-order valence-electron chi connectivity index (χ2n) is 4.10. The molecule has 3 aromatic heterocycles. The first-order valence-corrected chi connectivity index (χ1v) is 6.20. The summed E-state index contributed by atoms with van der Waals surface area (Å²) in [5.41, 5.74) is 0.799. The second-order valence-corrected chi connectivity index (χ2v) is 4.10. The van der Waals surface area contributed by atoms with E-state index < -0.39 is 0 Å². The molecule has 0 spiro atoms. The molecule has 2 N–H and O–H groups in total. The molecule has 0 unspecified atom stereocenters. The van der Waals surface area contributed by atoms with Crippen LogP contribution in [0, 0.1) is 0 Å². The predicted molar refractivity (Wildman–Crippen MR) is 73.2 cm³/mol. The number of fused-ring (bicyclic) bond motifs is 1. The van der Waals surface area contributed by atoms with E-state index in [1.165, 1.54) is 0 Å². The Kier molecular flexibility index (Phi) is 3.06. The fraction of sp³-hybridized carbons (Fsp3) is 0.231. The van der Waals surface area contributed by atoms with Crippen molar-refractivity contribution in [1.29, 1.82) is 0 Å². The number of aromatic nitrogens is 3. The van der Waals surface area contributed by atoms with E-state index in [-0.39, 0.29) is 0 Å². The number of imidazole rings is 1. The lowest BCUT2D eigenvalue weighted by atomic mass is 10.4. The molecule has 6 heteroatoms. The van der Waals surface area contributed by atoms with Crippen molar-refractivity contribution in [2.75, 3.05) is 17.2 Å². The lowest BCUT2D eigenvalue weighted by Crippen LogP contribution is -2.07. The van der Waals surface area contributed by atoms with Crippen LogP contribution < -0.4 is 10.6 Å². The molecule has 6 nitrogen and oxygen atoms in total. The van der Waals surface area contributed by atoms with E-state index in [1.807, 2.05) is 35.9 Å². The van der Waals surface area contributed by atoms with Crippen LogP contribution in [0.4, 0.5) is 11.6 Å². The molecule has 0 amide bonds. The maximum absolute atomic E-state index is 5.29. The van der Waals surface area contributed by atoms with Gasteiger partial charge in [-0.25, -0.2) is 9.97 Å². The molecule has 0 aliphatic rings. The van der Waals surface area contributed by atoms with E-state index in [1.54, 1.807) is 12.5 Å². The Morgan fingerprint density at radius 1 is 1.37 bits per heavy atom. The van der Waals surface area contributed by atoms with Crippen LogP contribution in [0.5, 0.6) is 0 Å². The van der Waals surface area contributed by atoms with Gasteiger partial charge in [-0.05, 0) is 19.1 Å². The van der Waals surface area contributed by atoms with Gasteiger partial charge in [-0.2, -0.15) is 0 Å². The molecule has 3 aromatic rings. The predicted octanol–water partition coefficient (Wildman–Crippen LogP) is 2.37. The first-order chi connectivity index (χ1) is 9.36. The Morgan fingerprint density at radius 3 is 3.11 bits per heavy atom. The highest BCUT2D eigenvalue weighted by molar-refractivity contribution is 5.65. The number of furan rings is 1. The molecular formula is C13H15N5O. The molecule has 0 aliphatic carbocycles. The van der Waals surface area contributed by atoms with Crippen LogP contribution >= 0.6 is 0 Å². The van der Waals surface area contributed by atoms with Gasteiger partial charge < -0.3 is 19.5 Å². The monoisotopic (exact) mass is 257 g/mol. The molecule has 98 valence electrons. The van der Waals surface area contributed by atoms with E-state index in [0.29, 0.717) is 6.54 Å². The third-order valence-electron chi connectivity index (χ3n) is 2.74. The molecule has 0 aliphatic heterocycles.